The monoisotopic (exact) mass is 340 g/mol. The second kappa shape index (κ2) is 6.93. The van der Waals surface area contributed by atoms with Gasteiger partial charge in [0.05, 0.1) is 5.69 Å². The van der Waals surface area contributed by atoms with E-state index in [-0.39, 0.29) is 18.1 Å². The van der Waals surface area contributed by atoms with Crippen molar-refractivity contribution in [3.63, 3.8) is 0 Å². The summed E-state index contributed by atoms with van der Waals surface area (Å²) < 4.78 is 12.2. The van der Waals surface area contributed by atoms with E-state index in [1.807, 2.05) is 26.0 Å². The summed E-state index contributed by atoms with van der Waals surface area (Å²) in [5.74, 6) is 0.214. The molecule has 25 heavy (non-hydrogen) atoms. The molecule has 0 N–H and O–H groups in total. The van der Waals surface area contributed by atoms with E-state index in [0.717, 1.165) is 35.2 Å². The Morgan fingerprint density at radius 1 is 1.24 bits per heavy atom. The Morgan fingerprint density at radius 3 is 2.72 bits per heavy atom. The second-order valence-electron chi connectivity index (χ2n) is 6.02. The number of rotatable bonds is 5. The molecule has 0 atom stereocenters. The number of carbonyl (C=O) groups excluding carboxylic acids is 1. The van der Waals surface area contributed by atoms with Crippen LogP contribution in [0.4, 0.5) is 0 Å². The molecule has 0 unspecified atom stereocenters. The molecular weight excluding hydrogens is 320 g/mol. The number of nitrogens with zero attached hydrogens (tertiary/aromatic N) is 2. The summed E-state index contributed by atoms with van der Waals surface area (Å²) in [6, 6.07) is 8.63. The number of fused-ring (bicyclic) bond motifs is 1. The highest BCUT2D eigenvalue weighted by molar-refractivity contribution is 5.82. The van der Waals surface area contributed by atoms with Gasteiger partial charge >= 0.3 is 5.63 Å². The Bertz CT molecular complexity index is 985. The third kappa shape index (κ3) is 3.63. The second-order valence-corrected chi connectivity index (χ2v) is 6.02. The van der Waals surface area contributed by atoms with Gasteiger partial charge in [-0.2, -0.15) is 5.10 Å². The number of carbonyl (C=O) groups is 1. The molecule has 0 aliphatic carbocycles. The number of hydrogen-bond donors (Lipinski definition) is 0. The SMILES string of the molecule is CCCc1cc(=O)oc2cc(OCC(=O)n3nc(C)cc3C)ccc12. The standard InChI is InChI=1S/C19H20N2O4/c1-4-5-14-9-19(23)25-17-10-15(6-7-16(14)17)24-11-18(22)21-13(3)8-12(2)20-21/h6-10H,4-5,11H2,1-3H3. The first-order valence-electron chi connectivity index (χ1n) is 8.24. The van der Waals surface area contributed by atoms with Crippen molar-refractivity contribution in [1.82, 2.24) is 9.78 Å². The van der Waals surface area contributed by atoms with Crippen molar-refractivity contribution in [3.05, 3.63) is 57.7 Å². The summed E-state index contributed by atoms with van der Waals surface area (Å²) in [7, 11) is 0. The van der Waals surface area contributed by atoms with Crippen molar-refractivity contribution in [2.24, 2.45) is 0 Å². The minimum Gasteiger partial charge on any atom is -0.484 e. The maximum absolute atomic E-state index is 12.2. The Kier molecular flexibility index (Phi) is 4.70. The van der Waals surface area contributed by atoms with Gasteiger partial charge in [-0.3, -0.25) is 4.79 Å². The molecule has 1 aromatic carbocycles. The summed E-state index contributed by atoms with van der Waals surface area (Å²) >= 11 is 0. The molecule has 130 valence electrons. The lowest BCUT2D eigenvalue weighted by atomic mass is 10.1. The van der Waals surface area contributed by atoms with E-state index in [4.69, 9.17) is 9.15 Å². The van der Waals surface area contributed by atoms with Gasteiger partial charge in [0.25, 0.3) is 5.91 Å². The van der Waals surface area contributed by atoms with Crippen LogP contribution in [0.15, 0.2) is 39.5 Å². The van der Waals surface area contributed by atoms with Crippen LogP contribution in [0.5, 0.6) is 5.75 Å². The zero-order chi connectivity index (χ0) is 18.0. The molecule has 0 amide bonds. The number of aryl methyl sites for hydroxylation is 3. The predicted molar refractivity (Wildman–Crippen MR) is 94.3 cm³/mol. The van der Waals surface area contributed by atoms with Gasteiger partial charge in [-0.15, -0.1) is 0 Å². The third-order valence-electron chi connectivity index (χ3n) is 3.93. The van der Waals surface area contributed by atoms with Crippen molar-refractivity contribution in [1.29, 1.82) is 0 Å². The maximum atomic E-state index is 12.2. The fraction of sp³-hybridized carbons (Fsp3) is 0.316. The van der Waals surface area contributed by atoms with Crippen LogP contribution < -0.4 is 10.4 Å². The lowest BCUT2D eigenvalue weighted by molar-refractivity contribution is 0.0818. The summed E-state index contributed by atoms with van der Waals surface area (Å²) in [6.07, 6.45) is 1.74. The van der Waals surface area contributed by atoms with E-state index >= 15 is 0 Å². The molecule has 0 spiro atoms. The molecule has 0 radical (unpaired) electrons. The lowest BCUT2D eigenvalue weighted by Crippen LogP contribution is -2.21. The first kappa shape index (κ1) is 17.0. The number of ether oxygens (including phenoxy) is 1. The van der Waals surface area contributed by atoms with E-state index in [0.29, 0.717) is 11.3 Å². The highest BCUT2D eigenvalue weighted by Crippen LogP contribution is 2.23. The van der Waals surface area contributed by atoms with E-state index in [1.165, 1.54) is 10.7 Å². The fourth-order valence-corrected chi connectivity index (χ4v) is 2.86. The van der Waals surface area contributed by atoms with Gasteiger partial charge in [0.1, 0.15) is 11.3 Å². The van der Waals surface area contributed by atoms with Gasteiger partial charge in [0.2, 0.25) is 0 Å². The van der Waals surface area contributed by atoms with Crippen molar-refractivity contribution < 1.29 is 13.9 Å². The zero-order valence-corrected chi connectivity index (χ0v) is 14.5. The topological polar surface area (TPSA) is 74.3 Å². The largest absolute Gasteiger partial charge is 0.484 e. The zero-order valence-electron chi connectivity index (χ0n) is 14.5. The average molecular weight is 340 g/mol. The van der Waals surface area contributed by atoms with Crippen molar-refractivity contribution >= 4 is 16.9 Å². The third-order valence-corrected chi connectivity index (χ3v) is 3.93. The van der Waals surface area contributed by atoms with E-state index < -0.39 is 0 Å². The van der Waals surface area contributed by atoms with Crippen LogP contribution >= 0.6 is 0 Å². The Balaban J connectivity index is 1.81. The van der Waals surface area contributed by atoms with Crippen LogP contribution in [0.25, 0.3) is 11.0 Å². The summed E-state index contributed by atoms with van der Waals surface area (Å²) in [5.41, 5.74) is 2.58. The van der Waals surface area contributed by atoms with Gasteiger partial charge in [0.15, 0.2) is 6.61 Å². The van der Waals surface area contributed by atoms with Crippen molar-refractivity contribution in [2.45, 2.75) is 33.6 Å². The molecule has 0 bridgehead atoms. The molecular formula is C19H20N2O4. The summed E-state index contributed by atoms with van der Waals surface area (Å²) in [5, 5.41) is 5.03. The molecule has 2 aromatic heterocycles. The summed E-state index contributed by atoms with van der Waals surface area (Å²) in [6.45, 7) is 5.56. The molecule has 2 heterocycles. The van der Waals surface area contributed by atoms with Gasteiger partial charge in [0, 0.05) is 23.2 Å². The van der Waals surface area contributed by atoms with Crippen LogP contribution in [-0.4, -0.2) is 22.3 Å². The highest BCUT2D eigenvalue weighted by atomic mass is 16.5. The molecule has 3 rings (SSSR count). The lowest BCUT2D eigenvalue weighted by Gasteiger charge is -2.08. The first-order valence-corrected chi connectivity index (χ1v) is 8.24. The molecule has 6 heteroatoms. The van der Waals surface area contributed by atoms with Crippen molar-refractivity contribution in [3.8, 4) is 5.75 Å². The maximum Gasteiger partial charge on any atom is 0.336 e. The van der Waals surface area contributed by atoms with Gasteiger partial charge in [-0.05, 0) is 44.0 Å². The van der Waals surface area contributed by atoms with Crippen LogP contribution in [0, 0.1) is 13.8 Å². The Morgan fingerprint density at radius 2 is 2.04 bits per heavy atom. The van der Waals surface area contributed by atoms with E-state index in [1.54, 1.807) is 12.1 Å². The molecule has 0 saturated heterocycles. The molecule has 6 nitrogen and oxygen atoms in total. The number of benzene rings is 1. The molecule has 0 aliphatic rings. The van der Waals surface area contributed by atoms with E-state index in [9.17, 15) is 9.59 Å². The molecule has 3 aromatic rings. The number of aromatic nitrogens is 2. The Hall–Kier alpha value is -2.89. The van der Waals surface area contributed by atoms with Crippen molar-refractivity contribution in [2.75, 3.05) is 6.61 Å². The summed E-state index contributed by atoms with van der Waals surface area (Å²) in [4.78, 5) is 23.9. The van der Waals surface area contributed by atoms with Gasteiger partial charge < -0.3 is 9.15 Å². The fourth-order valence-electron chi connectivity index (χ4n) is 2.86. The molecule has 0 saturated carbocycles. The van der Waals surface area contributed by atoms with Crippen LogP contribution in [-0.2, 0) is 6.42 Å². The highest BCUT2D eigenvalue weighted by Gasteiger charge is 2.12. The first-order chi connectivity index (χ1) is 12.0. The minimum atomic E-state index is -0.383. The number of hydrogen-bond acceptors (Lipinski definition) is 5. The predicted octanol–water partition coefficient (Wildman–Crippen LogP) is 3.28. The van der Waals surface area contributed by atoms with E-state index in [2.05, 4.69) is 12.0 Å². The Labute approximate surface area is 145 Å². The smallest absolute Gasteiger partial charge is 0.336 e. The van der Waals surface area contributed by atoms with Crippen LogP contribution in [0.3, 0.4) is 0 Å². The van der Waals surface area contributed by atoms with Crippen LogP contribution in [0.2, 0.25) is 0 Å². The van der Waals surface area contributed by atoms with Crippen LogP contribution in [0.1, 0.15) is 35.1 Å². The van der Waals surface area contributed by atoms with Gasteiger partial charge in [-0.25, -0.2) is 9.48 Å². The quantitative estimate of drug-likeness (QED) is 0.666. The minimum absolute atomic E-state index is 0.146. The molecule has 0 aliphatic heterocycles. The van der Waals surface area contributed by atoms with Gasteiger partial charge in [-0.1, -0.05) is 13.3 Å². The molecule has 0 fully saturated rings. The average Bonchev–Trinajstić information content (AvgIpc) is 2.91. The normalized spacial score (nSPS) is 11.0.